The lowest BCUT2D eigenvalue weighted by molar-refractivity contribution is -0.137. The van der Waals surface area contributed by atoms with Crippen LogP contribution in [0, 0.1) is 0 Å². The normalized spacial score (nSPS) is 28.5. The van der Waals surface area contributed by atoms with E-state index in [-0.39, 0.29) is 93.8 Å². The Morgan fingerprint density at radius 3 is 1.14 bits per heavy atom. The standard InChI is InChI=1S/C91H112N12O15/c1-13-89(14-2)47-71(105)101(81(92)98-89)75-60-41-54(31-34-68(60)116-86(75,9)50-111-12)78(108)95-63-45-84(7,114-66-29-23-21-27-58(63)66)37-39-112-51-87(10)76(102-72(106)48-90(15-3,16-4)99-82(102)93)61-42-55(32-35-69(61)117-87)79(109)96-64-46-85(8,115-67-30-24-22-28-59(64)67)38-40-113-52-88(11)77(103-73(107)49-91(17-5,18-6)100-83(103)94)62-43-56(33-36-70(62)118-88)80(110)97-74-57-26-20-19-25-53(57)44-65(74)104/h19-36,41-43,63-65,74-77,104H,13-18,37-40,44-52H2,1-12H3,(H2,92,98)(H2,93,99)(H2,94,100)(H,95,108)(H,96,109)(H,97,110)/t63-,64-,65+,74+,75-,76-,77-,84?,85?,86?,87?,88?/m0/s1. The summed E-state index contributed by atoms with van der Waals surface area (Å²) < 4.78 is 53.1. The predicted molar refractivity (Wildman–Crippen MR) is 444 cm³/mol. The third-order valence-corrected chi connectivity index (χ3v) is 26.7. The SMILES string of the molecule is CCC1(CC)CC(=O)N([C@H]2c3cc(C(=O)N[C@H]4CC(C)(CCOCC5(C)Oc6ccc(C(=O)N[C@H]7CC(C)(CCOCC8(C)Oc9ccc(C(=O)N[C@@H]%10c%11ccccc%11C[C@H]%10O)cc9[C@@H]8N8C(=O)CC(CC)(CC)N=C8N)Oc8ccccc87)cc6[C@@H]5N5C(=O)CC(CC)(CC)N=C5N)Oc5ccccc54)ccc3OC2(C)COC)C(N)=N1. The van der Waals surface area contributed by atoms with E-state index >= 15 is 4.79 Å². The summed E-state index contributed by atoms with van der Waals surface area (Å²) in [6.07, 6.45) is 5.07. The molecule has 8 aliphatic heterocycles. The van der Waals surface area contributed by atoms with Crippen LogP contribution in [0.25, 0.3) is 0 Å². The quantitative estimate of drug-likeness (QED) is 0.0236. The van der Waals surface area contributed by atoms with E-state index < -0.39 is 98.8 Å². The number of benzene rings is 6. The maximum atomic E-state index is 15.2. The van der Waals surface area contributed by atoms with Gasteiger partial charge in [-0.25, -0.2) is 15.0 Å². The van der Waals surface area contributed by atoms with Crippen LogP contribution in [0.4, 0.5) is 0 Å². The number of rotatable bonds is 27. The highest BCUT2D eigenvalue weighted by Gasteiger charge is 2.58. The number of carbonyl (C=O) groups is 6. The van der Waals surface area contributed by atoms with Crippen LogP contribution in [-0.2, 0) is 35.0 Å². The molecule has 27 heteroatoms. The van der Waals surface area contributed by atoms with E-state index in [1.807, 2.05) is 149 Å². The summed E-state index contributed by atoms with van der Waals surface area (Å²) in [5, 5.41) is 20.8. The van der Waals surface area contributed by atoms with Gasteiger partial charge in [0.1, 0.15) is 58.1 Å². The highest BCUT2D eigenvalue weighted by Crippen LogP contribution is 2.54. The van der Waals surface area contributed by atoms with E-state index in [0.29, 0.717) is 133 Å². The first kappa shape index (κ1) is 82.5. The number of nitrogens with zero attached hydrogens (tertiary/aromatic N) is 6. The fraction of sp³-hybridized carbons (Fsp3) is 0.505. The summed E-state index contributed by atoms with van der Waals surface area (Å²) in [4.78, 5) is 107. The smallest absolute Gasteiger partial charge is 0.251 e. The topological polar surface area (TPSA) is 357 Å². The van der Waals surface area contributed by atoms with Gasteiger partial charge in [-0.1, -0.05) is 102 Å². The molecule has 8 heterocycles. The second-order valence-corrected chi connectivity index (χ2v) is 34.8. The molecule has 6 aromatic carbocycles. The lowest BCUT2D eigenvalue weighted by Gasteiger charge is -2.43. The van der Waals surface area contributed by atoms with E-state index in [0.717, 1.165) is 22.3 Å². The van der Waals surface area contributed by atoms with Crippen LogP contribution >= 0.6 is 0 Å². The number of nitrogens with two attached hydrogens (primary N) is 3. The number of aliphatic imine (C=N–C) groups is 3. The van der Waals surface area contributed by atoms with Crippen molar-refractivity contribution in [1.29, 1.82) is 0 Å². The number of carbonyl (C=O) groups excluding carboxylic acids is 6. The first-order chi connectivity index (χ1) is 56.3. The summed E-state index contributed by atoms with van der Waals surface area (Å²) in [5.74, 6) is 0.941. The zero-order valence-electron chi connectivity index (χ0n) is 69.7. The molecule has 0 spiro atoms. The van der Waals surface area contributed by atoms with Gasteiger partial charge in [0.2, 0.25) is 17.7 Å². The van der Waals surface area contributed by atoms with E-state index in [9.17, 15) is 29.1 Å². The summed E-state index contributed by atoms with van der Waals surface area (Å²) >= 11 is 0. The molecule has 118 heavy (non-hydrogen) atoms. The molecule has 6 aromatic rings. The highest BCUT2D eigenvalue weighted by molar-refractivity contribution is 6.03. The first-order valence-corrected chi connectivity index (χ1v) is 41.7. The Balaban J connectivity index is 0.632. The van der Waals surface area contributed by atoms with Gasteiger partial charge in [-0.15, -0.1) is 0 Å². The highest BCUT2D eigenvalue weighted by atomic mass is 16.6. The van der Waals surface area contributed by atoms with Gasteiger partial charge in [0.25, 0.3) is 17.7 Å². The molecule has 6 amide bonds. The number of nitrogens with one attached hydrogen (secondary N) is 3. The van der Waals surface area contributed by atoms with Crippen molar-refractivity contribution in [3.63, 3.8) is 0 Å². The third kappa shape index (κ3) is 15.0. The molecule has 15 rings (SSSR count). The van der Waals surface area contributed by atoms with Crippen LogP contribution in [-0.4, -0.2) is 164 Å². The Kier molecular flexibility index (Phi) is 22.1. The molecule has 0 fully saturated rings. The minimum Gasteiger partial charge on any atom is -0.487 e. The maximum absolute atomic E-state index is 15.2. The Labute approximate surface area is 689 Å². The Bertz CT molecular complexity index is 5040. The average Bonchev–Trinajstić information content (AvgIpc) is 1.57. The second kappa shape index (κ2) is 31.6. The fourth-order valence-corrected chi connectivity index (χ4v) is 19.6. The van der Waals surface area contributed by atoms with Crippen molar-refractivity contribution in [1.82, 2.24) is 30.7 Å². The number of amides is 6. The van der Waals surface area contributed by atoms with Gasteiger partial charge in [0.05, 0.1) is 93.1 Å². The van der Waals surface area contributed by atoms with Crippen molar-refractivity contribution < 1.29 is 71.8 Å². The lowest BCUT2D eigenvalue weighted by Crippen LogP contribution is -2.58. The van der Waals surface area contributed by atoms with Gasteiger partial charge in [0, 0.05) is 83.7 Å². The van der Waals surface area contributed by atoms with Gasteiger partial charge >= 0.3 is 0 Å². The van der Waals surface area contributed by atoms with Crippen molar-refractivity contribution in [2.24, 2.45) is 32.2 Å². The van der Waals surface area contributed by atoms with Crippen LogP contribution in [0.1, 0.15) is 266 Å². The third-order valence-electron chi connectivity index (χ3n) is 26.7. The average molecular weight is 1610 g/mol. The predicted octanol–water partition coefficient (Wildman–Crippen LogP) is 11.9. The zero-order valence-corrected chi connectivity index (χ0v) is 69.7. The van der Waals surface area contributed by atoms with Gasteiger partial charge in [0.15, 0.2) is 34.7 Å². The number of fused-ring (bicyclic) bond motifs is 6. The Hall–Kier alpha value is -10.6. The van der Waals surface area contributed by atoms with Gasteiger partial charge in [-0.2, -0.15) is 0 Å². The van der Waals surface area contributed by atoms with Crippen LogP contribution in [0.3, 0.4) is 0 Å². The van der Waals surface area contributed by atoms with E-state index in [1.54, 1.807) is 61.7 Å². The van der Waals surface area contributed by atoms with Crippen molar-refractivity contribution in [2.45, 2.75) is 253 Å². The molecule has 1 aliphatic carbocycles. The Morgan fingerprint density at radius 2 is 0.780 bits per heavy atom. The number of ether oxygens (including phenoxy) is 8. The van der Waals surface area contributed by atoms with Gasteiger partial charge < -0.3 is 76.2 Å². The van der Waals surface area contributed by atoms with Crippen LogP contribution in [0.5, 0.6) is 28.7 Å². The maximum Gasteiger partial charge on any atom is 0.251 e. The lowest BCUT2D eigenvalue weighted by atomic mass is 9.85. The van der Waals surface area contributed by atoms with Crippen LogP contribution in [0.15, 0.2) is 142 Å². The molecule has 0 bridgehead atoms. The molecule has 27 nitrogen and oxygen atoms in total. The number of guanidine groups is 3. The van der Waals surface area contributed by atoms with E-state index in [4.69, 9.17) is 70.1 Å². The molecular weight excluding hydrogens is 1500 g/mol. The number of para-hydroxylation sites is 2. The first-order valence-electron chi connectivity index (χ1n) is 41.7. The summed E-state index contributed by atoms with van der Waals surface area (Å²) in [5.41, 5.74) is 19.3. The molecule has 626 valence electrons. The van der Waals surface area contributed by atoms with E-state index in [1.165, 1.54) is 14.7 Å². The van der Waals surface area contributed by atoms with Crippen molar-refractivity contribution in [3.05, 3.63) is 183 Å². The second-order valence-electron chi connectivity index (χ2n) is 34.8. The number of aliphatic hydroxyl groups excluding tert-OH is 1. The summed E-state index contributed by atoms with van der Waals surface area (Å²) in [6, 6.07) is 34.2. The van der Waals surface area contributed by atoms with Crippen molar-refractivity contribution >= 4 is 53.3 Å². The molecule has 0 aromatic heterocycles. The monoisotopic (exact) mass is 1610 g/mol. The largest absolute Gasteiger partial charge is 0.487 e. The Morgan fingerprint density at radius 1 is 0.449 bits per heavy atom. The molecule has 10 N–H and O–H groups in total. The number of hydrogen-bond acceptors (Lipinski definition) is 21. The van der Waals surface area contributed by atoms with Gasteiger partial charge in [-0.3, -0.25) is 43.5 Å². The molecule has 12 atom stereocenters. The molecule has 0 saturated carbocycles. The van der Waals surface area contributed by atoms with Crippen molar-refractivity contribution in [2.75, 3.05) is 40.1 Å². The molecule has 5 unspecified atom stereocenters. The zero-order chi connectivity index (χ0) is 83.8. The van der Waals surface area contributed by atoms with Crippen molar-refractivity contribution in [3.8, 4) is 28.7 Å². The summed E-state index contributed by atoms with van der Waals surface area (Å²) in [7, 11) is 1.57. The van der Waals surface area contributed by atoms with Crippen LogP contribution < -0.4 is 56.8 Å². The number of methoxy groups -OCH3 is 1. The minimum atomic E-state index is -1.28. The summed E-state index contributed by atoms with van der Waals surface area (Å²) in [6.45, 7) is 21.9. The minimum absolute atomic E-state index is 0.0261. The molecule has 0 radical (unpaired) electrons. The van der Waals surface area contributed by atoms with Gasteiger partial charge in [-0.05, 0) is 151 Å². The molecule has 0 saturated heterocycles. The number of hydrogen-bond donors (Lipinski definition) is 7. The fourth-order valence-electron chi connectivity index (χ4n) is 19.6. The van der Waals surface area contributed by atoms with E-state index in [2.05, 4.69) is 16.0 Å². The van der Waals surface area contributed by atoms with Crippen LogP contribution in [0.2, 0.25) is 0 Å². The molecular formula is C91H112N12O15. The molecule has 9 aliphatic rings. The number of aliphatic hydroxyl groups is 1.